The van der Waals surface area contributed by atoms with Gasteiger partial charge >= 0.3 is 48.5 Å². The first kappa shape index (κ1) is 103. The Balaban J connectivity index is 0.000000176. The summed E-state index contributed by atoms with van der Waals surface area (Å²) in [7, 11) is 1.69. The van der Waals surface area contributed by atoms with Gasteiger partial charge in [-0.15, -0.1) is 23.7 Å². The van der Waals surface area contributed by atoms with Gasteiger partial charge in [-0.05, 0) is 106 Å². The second-order valence-electron chi connectivity index (χ2n) is 31.7. The van der Waals surface area contributed by atoms with Crippen LogP contribution < -0.4 is 41.8 Å². The lowest BCUT2D eigenvalue weighted by Gasteiger charge is -2.36. The third kappa shape index (κ3) is 26.6. The maximum atomic E-state index is 13.2. The van der Waals surface area contributed by atoms with Crippen LogP contribution in [0.5, 0.6) is 0 Å². The molecule has 8 aromatic heterocycles. The number of anilines is 4. The Morgan fingerprint density at radius 2 is 0.650 bits per heavy atom. The zero-order chi connectivity index (χ0) is 99.6. The molecule has 4 fully saturated rings. The van der Waals surface area contributed by atoms with Crippen molar-refractivity contribution in [2.75, 3.05) is 85.0 Å². The Hall–Kier alpha value is -15.8. The average Bonchev–Trinajstić information content (AvgIpc) is 1.75. The minimum absolute atomic E-state index is 0.140. The number of nitrogens with zero attached hydrogens (tertiary/aromatic N) is 19. The number of nitrogens with one attached hydrogen (secondary N) is 2. The molecule has 4 saturated heterocycles. The van der Waals surface area contributed by atoms with Crippen molar-refractivity contribution in [3.63, 3.8) is 0 Å². The number of halogens is 9. The van der Waals surface area contributed by atoms with Crippen LogP contribution in [0.25, 0.3) is 89.2 Å². The van der Waals surface area contributed by atoms with Crippen LogP contribution in [0.2, 0.25) is 0 Å². The van der Waals surface area contributed by atoms with Crippen LogP contribution in [0.1, 0.15) is 106 Å². The van der Waals surface area contributed by atoms with Crippen LogP contribution in [0.15, 0.2) is 141 Å². The highest BCUT2D eigenvalue weighted by molar-refractivity contribution is 5.94. The van der Waals surface area contributed by atoms with Gasteiger partial charge < -0.3 is 49.7 Å². The summed E-state index contributed by atoms with van der Waals surface area (Å²) >= 11 is 0. The van der Waals surface area contributed by atoms with E-state index in [4.69, 9.17) is 54.4 Å². The zero-order valence-corrected chi connectivity index (χ0v) is 75.8. The lowest BCUT2D eigenvalue weighted by atomic mass is 10.1. The van der Waals surface area contributed by atoms with Crippen LogP contribution in [0.3, 0.4) is 0 Å². The smallest absolute Gasteiger partial charge is 0.480 e. The predicted molar refractivity (Wildman–Crippen MR) is 493 cm³/mol. The van der Waals surface area contributed by atoms with Gasteiger partial charge in [0.25, 0.3) is 22.2 Å². The Morgan fingerprint density at radius 3 is 0.934 bits per heavy atom. The molecule has 12 aromatic rings. The Labute approximate surface area is 776 Å². The van der Waals surface area contributed by atoms with Gasteiger partial charge in [-0.3, -0.25) is 42.2 Å². The van der Waals surface area contributed by atoms with Crippen LogP contribution in [-0.2, 0) is 63.7 Å². The van der Waals surface area contributed by atoms with E-state index < -0.39 is 60.1 Å². The number of carboxylic acid groups (broad SMARTS) is 4. The minimum Gasteiger partial charge on any atom is -0.480 e. The number of ether oxygens (including phenoxy) is 1. The molecular formula is C93H98F9N21O14. The van der Waals surface area contributed by atoms with Gasteiger partial charge in [0.2, 0.25) is 23.8 Å². The molecule has 1 amide bonds. The summed E-state index contributed by atoms with van der Waals surface area (Å²) in [6, 6.07) is 38.8. The maximum absolute atomic E-state index is 13.2. The molecule has 35 nitrogen and oxygen atoms in total. The molecule has 16 rings (SSSR count). The minimum atomic E-state index is -5.08. The summed E-state index contributed by atoms with van der Waals surface area (Å²) in [5.41, 5.74) is 8.58. The van der Waals surface area contributed by atoms with Gasteiger partial charge in [0, 0.05) is 94.7 Å². The first-order valence-electron chi connectivity index (χ1n) is 43.1. The normalized spacial score (nSPS) is 13.7. The van der Waals surface area contributed by atoms with Crippen LogP contribution in [-0.4, -0.2) is 223 Å². The number of rotatable bonds is 14. The van der Waals surface area contributed by atoms with E-state index in [1.54, 1.807) is 32.7 Å². The molecule has 0 radical (unpaired) electrons. The number of amides is 1. The number of H-pyrrole nitrogens is 2. The quantitative estimate of drug-likeness (QED) is 0.0435. The second kappa shape index (κ2) is 46.7. The molecule has 4 aliphatic rings. The van der Waals surface area contributed by atoms with Crippen molar-refractivity contribution in [1.82, 2.24) is 83.1 Å². The number of fused-ring (bicyclic) bond motifs is 4. The molecule has 0 unspecified atom stereocenters. The Kier molecular flexibility index (Phi) is 35.3. The SMILES string of the molecule is CC#CCn1c(N2CCCCC2)nc2c(-c3ccccc3)n[nH]c(=O)c21.CC#CCn1c(N2CCCCC2)nc2c(-c3ccccc3)nn(C)c(=O)c21.CC#CCn1c(N2CCCCC2)nc2c(-c3ccccc3)nn(CC(=O)O)c(=O)c21.CC#CCn1c(N2CCN(C(=O)OC(C)(C)C)CC2)nc2c(-c3ccccc3)n[nH]c(=O)c21.O=C(O)C(F)(F)F.O=C(O)C(F)(F)F.O=C(O)C(F)(F)F. The highest BCUT2D eigenvalue weighted by Crippen LogP contribution is 2.35. The molecule has 4 aliphatic heterocycles. The molecule has 0 bridgehead atoms. The number of alkyl halides is 9. The van der Waals surface area contributed by atoms with Gasteiger partial charge in [0.15, 0.2) is 0 Å². The first-order chi connectivity index (χ1) is 65.2. The number of hydrogen-bond donors (Lipinski definition) is 6. The van der Waals surface area contributed by atoms with Gasteiger partial charge in [-0.2, -0.15) is 59.9 Å². The molecule has 0 aliphatic carbocycles. The summed E-state index contributed by atoms with van der Waals surface area (Å²) < 4.78 is 111. The second-order valence-corrected chi connectivity index (χ2v) is 31.7. The van der Waals surface area contributed by atoms with Crippen molar-refractivity contribution in [3.05, 3.63) is 163 Å². The molecule has 0 saturated carbocycles. The number of carbonyl (C=O) groups is 5. The number of benzene rings is 4. The van der Waals surface area contributed by atoms with E-state index in [-0.39, 0.29) is 22.8 Å². The number of aliphatic carboxylic acids is 4. The monoisotopic (exact) mass is 1900 g/mol. The van der Waals surface area contributed by atoms with Crippen molar-refractivity contribution < 1.29 is 88.6 Å². The highest BCUT2D eigenvalue weighted by Gasteiger charge is 2.41. The van der Waals surface area contributed by atoms with Crippen molar-refractivity contribution in [3.8, 4) is 92.4 Å². The number of carboxylic acids is 4. The maximum Gasteiger partial charge on any atom is 0.490 e. The van der Waals surface area contributed by atoms with E-state index in [0.29, 0.717) is 125 Å². The molecule has 722 valence electrons. The van der Waals surface area contributed by atoms with Crippen molar-refractivity contribution >= 4 is 97.9 Å². The fourth-order valence-corrected chi connectivity index (χ4v) is 14.8. The van der Waals surface area contributed by atoms with Crippen LogP contribution in [0.4, 0.5) is 68.1 Å². The van der Waals surface area contributed by atoms with E-state index in [0.717, 1.165) is 122 Å². The summed E-state index contributed by atoms with van der Waals surface area (Å²) in [4.78, 5) is 132. The van der Waals surface area contributed by atoms with Crippen LogP contribution >= 0.6 is 0 Å². The predicted octanol–water partition coefficient (Wildman–Crippen LogP) is 12.7. The molecule has 44 heteroatoms. The van der Waals surface area contributed by atoms with E-state index >= 15 is 0 Å². The lowest BCUT2D eigenvalue weighted by Crippen LogP contribution is -2.50. The largest absolute Gasteiger partial charge is 0.490 e. The number of aromatic amines is 2. The number of aromatic nitrogens is 16. The Bertz CT molecular complexity index is 6760. The number of hydrogen-bond acceptors (Lipinski definition) is 22. The number of piperidine rings is 3. The zero-order valence-electron chi connectivity index (χ0n) is 75.8. The number of imidazole rings is 4. The average molecular weight is 1900 g/mol. The van der Waals surface area contributed by atoms with Crippen molar-refractivity contribution in [1.29, 1.82) is 0 Å². The third-order valence-electron chi connectivity index (χ3n) is 21.0. The molecule has 137 heavy (non-hydrogen) atoms. The molecular weight excluding hydrogens is 1810 g/mol. The van der Waals surface area contributed by atoms with Gasteiger partial charge in [0.05, 0.1) is 26.2 Å². The van der Waals surface area contributed by atoms with Gasteiger partial charge in [0.1, 0.15) is 79.1 Å². The third-order valence-corrected chi connectivity index (χ3v) is 21.0. The number of aryl methyl sites for hydroxylation is 1. The number of carbonyl (C=O) groups excluding carboxylic acids is 1. The fourth-order valence-electron chi connectivity index (χ4n) is 14.8. The summed E-state index contributed by atoms with van der Waals surface area (Å²) in [5, 5.41) is 53.4. The lowest BCUT2D eigenvalue weighted by molar-refractivity contribution is -0.193. The van der Waals surface area contributed by atoms with Crippen molar-refractivity contribution in [2.45, 2.75) is 163 Å². The summed E-state index contributed by atoms with van der Waals surface area (Å²) in [6.45, 7) is 21.4. The van der Waals surface area contributed by atoms with Gasteiger partial charge in [-0.25, -0.2) is 58.7 Å². The highest BCUT2D eigenvalue weighted by atomic mass is 19.4. The molecule has 0 spiro atoms. The first-order valence-corrected chi connectivity index (χ1v) is 43.1. The van der Waals surface area contributed by atoms with Gasteiger partial charge in [-0.1, -0.05) is 145 Å². The summed E-state index contributed by atoms with van der Waals surface area (Å²) in [5.74, 6) is 17.5. The van der Waals surface area contributed by atoms with E-state index in [1.807, 2.05) is 167 Å². The van der Waals surface area contributed by atoms with E-state index in [9.17, 15) is 73.4 Å². The topological polar surface area (TPSA) is 424 Å². The van der Waals surface area contributed by atoms with Crippen molar-refractivity contribution in [2.24, 2.45) is 7.05 Å². The molecule has 0 atom stereocenters. The van der Waals surface area contributed by atoms with E-state index in [2.05, 4.69) is 97.6 Å². The molecule has 4 aromatic carbocycles. The van der Waals surface area contributed by atoms with Crippen LogP contribution in [0, 0.1) is 47.4 Å². The molecule has 6 N–H and O–H groups in total. The summed E-state index contributed by atoms with van der Waals surface area (Å²) in [6.07, 6.45) is -5.22. The number of piperazine rings is 1. The molecule has 12 heterocycles. The standard InChI is InChI=1S/C24H28N6O3.C22H23N5O3.C21H23N5O.C20H21N5O.3C2HF3O2/c1-5-6-12-30-20-19(18(26-27-21(20)31)17-10-8-7-9-11-17)25-22(30)28-13-15-29(16-14-28)23(32)33-24(2,3)4;1-2-3-14-26-20-19(23-22(26)25-12-8-5-9-13-25)18(16-10-6-4-7-11-16)24-27(21(20)30)15-17(28)29;1-3-4-15-26-19-18(22-21(26)25-13-9-6-10-14-25)17(23-24(2)20(19)27)16-11-7-5-8-12-16;1-2-3-14-25-18-17(21-20(25)24-12-8-5-9-13-24)16(22-23-19(18)26)15-10-6-4-7-11-15;3*3-2(4,5)1(6)7/h7-11H,12-16H2,1-4H3,(H,27,31);4,6-7,10-11H,5,8-9,12-15H2,1H3,(H,28,29);5,7-8,11-12H,6,9-10,13-15H2,1-2H3;4,6-7,10-11H,5,8-9,12-14H2,1H3,(H,23,26);3*(H,6,7). The van der Waals surface area contributed by atoms with E-state index in [1.165, 1.54) is 23.9 Å². The fraction of sp³-hybridized carbons (Fsp3) is 0.387. The Morgan fingerprint density at radius 1 is 0.380 bits per heavy atom.